The zero-order valence-corrected chi connectivity index (χ0v) is 12.8. The highest BCUT2D eigenvalue weighted by molar-refractivity contribution is 5.81. The number of rotatable bonds is 7. The van der Waals surface area contributed by atoms with Crippen molar-refractivity contribution in [3.05, 3.63) is 0 Å². The number of hydrogen-bond acceptors (Lipinski definition) is 4. The zero-order chi connectivity index (χ0) is 15.3. The van der Waals surface area contributed by atoms with Crippen LogP contribution in [0.4, 0.5) is 0 Å². The number of ether oxygens (including phenoxy) is 1. The Morgan fingerprint density at radius 2 is 1.80 bits per heavy atom. The van der Waals surface area contributed by atoms with Gasteiger partial charge >= 0.3 is 5.97 Å². The SMILES string of the molecule is CCN(CC)C(=O)C(C)N(CC)C1COCC1C(=O)O. The minimum atomic E-state index is -0.853. The van der Waals surface area contributed by atoms with Crippen LogP contribution in [-0.2, 0) is 14.3 Å². The number of aliphatic carboxylic acids is 1. The smallest absolute Gasteiger partial charge is 0.310 e. The molecule has 1 saturated heterocycles. The van der Waals surface area contributed by atoms with Gasteiger partial charge in [-0.15, -0.1) is 0 Å². The first-order valence-electron chi connectivity index (χ1n) is 7.32. The van der Waals surface area contributed by atoms with Crippen LogP contribution in [0.5, 0.6) is 0 Å². The number of carboxylic acids is 1. The van der Waals surface area contributed by atoms with Gasteiger partial charge < -0.3 is 14.7 Å². The van der Waals surface area contributed by atoms with E-state index in [9.17, 15) is 14.7 Å². The van der Waals surface area contributed by atoms with Crippen molar-refractivity contribution in [1.82, 2.24) is 9.80 Å². The Labute approximate surface area is 120 Å². The second-order valence-electron chi connectivity index (χ2n) is 5.07. The Balaban J connectivity index is 2.84. The highest BCUT2D eigenvalue weighted by atomic mass is 16.5. The van der Waals surface area contributed by atoms with Gasteiger partial charge in [0.15, 0.2) is 0 Å². The third-order valence-electron chi connectivity index (χ3n) is 4.09. The van der Waals surface area contributed by atoms with Gasteiger partial charge in [0.05, 0.1) is 25.2 Å². The zero-order valence-electron chi connectivity index (χ0n) is 12.8. The fourth-order valence-electron chi connectivity index (χ4n) is 2.84. The maximum absolute atomic E-state index is 12.4. The lowest BCUT2D eigenvalue weighted by Gasteiger charge is -2.36. The summed E-state index contributed by atoms with van der Waals surface area (Å²) in [6.45, 7) is 10.3. The molecule has 0 saturated carbocycles. The normalized spacial score (nSPS) is 23.9. The highest BCUT2D eigenvalue weighted by Gasteiger charge is 2.40. The molecule has 3 unspecified atom stereocenters. The fraction of sp³-hybridized carbons (Fsp3) is 0.857. The van der Waals surface area contributed by atoms with Crippen LogP contribution in [0.25, 0.3) is 0 Å². The maximum atomic E-state index is 12.4. The molecule has 0 spiro atoms. The number of carbonyl (C=O) groups is 2. The lowest BCUT2D eigenvalue weighted by Crippen LogP contribution is -2.53. The van der Waals surface area contributed by atoms with Crippen molar-refractivity contribution in [2.75, 3.05) is 32.8 Å². The summed E-state index contributed by atoms with van der Waals surface area (Å²) in [7, 11) is 0. The Kier molecular flexibility index (Phi) is 6.42. The van der Waals surface area contributed by atoms with E-state index < -0.39 is 11.9 Å². The largest absolute Gasteiger partial charge is 0.481 e. The number of likely N-dealkylation sites (N-methyl/N-ethyl adjacent to an activating group) is 2. The monoisotopic (exact) mass is 286 g/mol. The molecule has 0 bridgehead atoms. The average molecular weight is 286 g/mol. The molecular formula is C14H26N2O4. The summed E-state index contributed by atoms with van der Waals surface area (Å²) in [5.74, 6) is -1.36. The summed E-state index contributed by atoms with van der Waals surface area (Å²) in [5.41, 5.74) is 0. The Bertz CT molecular complexity index is 344. The third-order valence-corrected chi connectivity index (χ3v) is 4.09. The third kappa shape index (κ3) is 3.49. The van der Waals surface area contributed by atoms with E-state index in [1.807, 2.05) is 32.6 Å². The number of carboxylic acid groups (broad SMARTS) is 1. The molecule has 0 aromatic rings. The summed E-state index contributed by atoms with van der Waals surface area (Å²) in [6.07, 6.45) is 0. The van der Waals surface area contributed by atoms with Crippen LogP contribution >= 0.6 is 0 Å². The Morgan fingerprint density at radius 1 is 1.20 bits per heavy atom. The van der Waals surface area contributed by atoms with E-state index in [0.717, 1.165) is 0 Å². The standard InChI is InChI=1S/C14H26N2O4/c1-5-15(6-2)13(17)10(4)16(7-3)12-9-20-8-11(12)14(18)19/h10-12H,5-9H2,1-4H3,(H,18,19). The minimum absolute atomic E-state index is 0.0490. The molecule has 1 rings (SSSR count). The molecule has 6 nitrogen and oxygen atoms in total. The molecule has 1 N–H and O–H groups in total. The van der Waals surface area contributed by atoms with Gasteiger partial charge in [-0.2, -0.15) is 0 Å². The van der Waals surface area contributed by atoms with Gasteiger partial charge in [0.25, 0.3) is 0 Å². The predicted octanol–water partition coefficient (Wildman–Crippen LogP) is 0.665. The van der Waals surface area contributed by atoms with E-state index >= 15 is 0 Å². The average Bonchev–Trinajstić information content (AvgIpc) is 2.90. The summed E-state index contributed by atoms with van der Waals surface area (Å²) < 4.78 is 5.31. The molecule has 20 heavy (non-hydrogen) atoms. The summed E-state index contributed by atoms with van der Waals surface area (Å²) in [6, 6.07) is -0.555. The molecule has 116 valence electrons. The summed E-state index contributed by atoms with van der Waals surface area (Å²) in [4.78, 5) is 27.4. The van der Waals surface area contributed by atoms with Crippen molar-refractivity contribution < 1.29 is 19.4 Å². The van der Waals surface area contributed by atoms with E-state index in [1.54, 1.807) is 4.90 Å². The first-order chi connectivity index (χ1) is 9.47. The quantitative estimate of drug-likeness (QED) is 0.744. The molecule has 3 atom stereocenters. The van der Waals surface area contributed by atoms with Crippen LogP contribution < -0.4 is 0 Å². The molecule has 6 heteroatoms. The van der Waals surface area contributed by atoms with Crippen molar-refractivity contribution in [3.63, 3.8) is 0 Å². The maximum Gasteiger partial charge on any atom is 0.310 e. The Morgan fingerprint density at radius 3 is 2.25 bits per heavy atom. The number of nitrogens with zero attached hydrogens (tertiary/aromatic N) is 2. The van der Waals surface area contributed by atoms with E-state index in [0.29, 0.717) is 26.2 Å². The lowest BCUT2D eigenvalue weighted by atomic mass is 10.0. The summed E-state index contributed by atoms with van der Waals surface area (Å²) in [5, 5.41) is 9.25. The van der Waals surface area contributed by atoms with Crippen molar-refractivity contribution in [1.29, 1.82) is 0 Å². The molecule has 1 fully saturated rings. The predicted molar refractivity (Wildman–Crippen MR) is 75.5 cm³/mol. The number of carbonyl (C=O) groups excluding carboxylic acids is 1. The van der Waals surface area contributed by atoms with Crippen molar-refractivity contribution >= 4 is 11.9 Å². The van der Waals surface area contributed by atoms with E-state index in [4.69, 9.17) is 4.74 Å². The van der Waals surface area contributed by atoms with Gasteiger partial charge in [-0.25, -0.2) is 0 Å². The molecule has 0 aliphatic carbocycles. The second kappa shape index (κ2) is 7.59. The van der Waals surface area contributed by atoms with Gasteiger partial charge in [-0.3, -0.25) is 14.5 Å². The van der Waals surface area contributed by atoms with Crippen molar-refractivity contribution in [2.45, 2.75) is 39.8 Å². The number of hydrogen-bond donors (Lipinski definition) is 1. The van der Waals surface area contributed by atoms with Crippen LogP contribution in [0, 0.1) is 5.92 Å². The number of amides is 1. The van der Waals surface area contributed by atoms with Crippen LogP contribution in [0.15, 0.2) is 0 Å². The van der Waals surface area contributed by atoms with Gasteiger partial charge in [0.2, 0.25) is 5.91 Å². The second-order valence-corrected chi connectivity index (χ2v) is 5.07. The molecule has 1 aliphatic rings. The van der Waals surface area contributed by atoms with E-state index in [-0.39, 0.29) is 24.6 Å². The van der Waals surface area contributed by atoms with Crippen LogP contribution in [0.1, 0.15) is 27.7 Å². The lowest BCUT2D eigenvalue weighted by molar-refractivity contribution is -0.145. The molecule has 0 aromatic heterocycles. The van der Waals surface area contributed by atoms with Crippen LogP contribution in [0.2, 0.25) is 0 Å². The molecule has 1 heterocycles. The van der Waals surface area contributed by atoms with E-state index in [2.05, 4.69) is 0 Å². The molecule has 1 amide bonds. The van der Waals surface area contributed by atoms with Crippen molar-refractivity contribution in [2.24, 2.45) is 5.92 Å². The Hall–Kier alpha value is -1.14. The first-order valence-corrected chi connectivity index (χ1v) is 7.32. The first kappa shape index (κ1) is 16.9. The van der Waals surface area contributed by atoms with Gasteiger partial charge in [-0.05, 0) is 27.3 Å². The van der Waals surface area contributed by atoms with Gasteiger partial charge in [-0.1, -0.05) is 6.92 Å². The van der Waals surface area contributed by atoms with Crippen LogP contribution in [0.3, 0.4) is 0 Å². The van der Waals surface area contributed by atoms with Crippen molar-refractivity contribution in [3.8, 4) is 0 Å². The molecule has 1 aliphatic heterocycles. The topological polar surface area (TPSA) is 70.1 Å². The molecular weight excluding hydrogens is 260 g/mol. The van der Waals surface area contributed by atoms with Crippen LogP contribution in [-0.4, -0.2) is 71.7 Å². The van der Waals surface area contributed by atoms with Gasteiger partial charge in [0.1, 0.15) is 0 Å². The molecule has 0 aromatic carbocycles. The van der Waals surface area contributed by atoms with E-state index in [1.165, 1.54) is 0 Å². The summed E-state index contributed by atoms with van der Waals surface area (Å²) >= 11 is 0. The minimum Gasteiger partial charge on any atom is -0.481 e. The highest BCUT2D eigenvalue weighted by Crippen LogP contribution is 2.22. The molecule has 0 radical (unpaired) electrons. The fourth-order valence-corrected chi connectivity index (χ4v) is 2.84. The van der Waals surface area contributed by atoms with Gasteiger partial charge in [0, 0.05) is 19.1 Å².